The fourth-order valence-electron chi connectivity index (χ4n) is 2.17. The van der Waals surface area contributed by atoms with Crippen molar-refractivity contribution < 1.29 is 14.1 Å². The molecule has 0 radical (unpaired) electrons. The maximum absolute atomic E-state index is 11.8. The molecule has 2 atom stereocenters. The molecule has 1 aromatic rings. The predicted molar refractivity (Wildman–Crippen MR) is 69.6 cm³/mol. The fourth-order valence-corrected chi connectivity index (χ4v) is 2.94. The highest BCUT2D eigenvalue weighted by molar-refractivity contribution is 9.09. The summed E-state index contributed by atoms with van der Waals surface area (Å²) in [5, 5.41) is 6.61. The maximum Gasteiger partial charge on any atom is 0.273 e. The molecule has 18 heavy (non-hydrogen) atoms. The van der Waals surface area contributed by atoms with Gasteiger partial charge in [0.25, 0.3) is 5.91 Å². The zero-order valence-electron chi connectivity index (χ0n) is 10.3. The Kier molecular flexibility index (Phi) is 4.77. The van der Waals surface area contributed by atoms with E-state index in [1.165, 1.54) is 12.8 Å². The number of carbonyl (C=O) groups is 1. The molecule has 100 valence electrons. The first-order valence-electron chi connectivity index (χ1n) is 6.07. The Morgan fingerprint density at radius 3 is 3.17 bits per heavy atom. The van der Waals surface area contributed by atoms with Crippen LogP contribution < -0.4 is 5.32 Å². The molecule has 1 fully saturated rings. The van der Waals surface area contributed by atoms with Crippen molar-refractivity contribution in [2.75, 3.05) is 13.7 Å². The number of nitrogens with one attached hydrogen (secondary N) is 1. The first kappa shape index (κ1) is 13.5. The third kappa shape index (κ3) is 3.32. The molecular weight excluding hydrogens is 300 g/mol. The number of alkyl halides is 1. The van der Waals surface area contributed by atoms with Crippen LogP contribution in [0.5, 0.6) is 0 Å². The number of ether oxygens (including phenoxy) is 1. The first-order chi connectivity index (χ1) is 8.70. The van der Waals surface area contributed by atoms with Crippen LogP contribution in [0, 0.1) is 5.92 Å². The summed E-state index contributed by atoms with van der Waals surface area (Å²) in [5.41, 5.74) is 0.311. The van der Waals surface area contributed by atoms with Gasteiger partial charge in [0.15, 0.2) is 11.5 Å². The molecule has 1 saturated carbocycles. The second kappa shape index (κ2) is 6.33. The highest BCUT2D eigenvalue weighted by Crippen LogP contribution is 2.30. The van der Waals surface area contributed by atoms with Gasteiger partial charge in [-0.2, -0.15) is 0 Å². The average Bonchev–Trinajstić information content (AvgIpc) is 2.96. The minimum Gasteiger partial charge on any atom is -0.377 e. The lowest BCUT2D eigenvalue weighted by Gasteiger charge is -2.13. The highest BCUT2D eigenvalue weighted by Gasteiger charge is 2.25. The fraction of sp³-hybridized carbons (Fsp3) is 0.667. The number of hydrogen-bond acceptors (Lipinski definition) is 4. The largest absolute Gasteiger partial charge is 0.377 e. The summed E-state index contributed by atoms with van der Waals surface area (Å²) in [6.07, 6.45) is 3.56. The zero-order chi connectivity index (χ0) is 13.0. The molecule has 1 aliphatic rings. The van der Waals surface area contributed by atoms with Crippen LogP contribution in [-0.2, 0) is 11.3 Å². The maximum atomic E-state index is 11.8. The summed E-state index contributed by atoms with van der Waals surface area (Å²) >= 11 is 3.63. The molecular formula is C12H17BrN2O3. The van der Waals surface area contributed by atoms with Crippen molar-refractivity contribution >= 4 is 21.8 Å². The highest BCUT2D eigenvalue weighted by atomic mass is 79.9. The molecule has 1 heterocycles. The molecule has 1 aliphatic carbocycles. The average molecular weight is 317 g/mol. The van der Waals surface area contributed by atoms with Gasteiger partial charge in [-0.15, -0.1) is 0 Å². The molecule has 6 heteroatoms. The number of rotatable bonds is 5. The van der Waals surface area contributed by atoms with E-state index in [9.17, 15) is 4.79 Å². The van der Waals surface area contributed by atoms with Gasteiger partial charge in [-0.1, -0.05) is 27.5 Å². The number of carbonyl (C=O) groups excluding carboxylic acids is 1. The number of hydrogen-bond donors (Lipinski definition) is 1. The first-order valence-corrected chi connectivity index (χ1v) is 6.99. The number of methoxy groups -OCH3 is 1. The van der Waals surface area contributed by atoms with Crippen molar-refractivity contribution in [1.29, 1.82) is 0 Å². The van der Waals surface area contributed by atoms with Crippen LogP contribution in [0.15, 0.2) is 10.6 Å². The van der Waals surface area contributed by atoms with Crippen molar-refractivity contribution in [3.8, 4) is 0 Å². The molecule has 0 spiro atoms. The Morgan fingerprint density at radius 1 is 1.67 bits per heavy atom. The predicted octanol–water partition coefficient (Wildman–Crippen LogP) is 2.11. The lowest BCUT2D eigenvalue weighted by Crippen LogP contribution is -2.31. The summed E-state index contributed by atoms with van der Waals surface area (Å²) in [5.74, 6) is 0.883. The molecule has 0 bridgehead atoms. The van der Waals surface area contributed by atoms with Crippen LogP contribution in [0.25, 0.3) is 0 Å². The van der Waals surface area contributed by atoms with E-state index in [4.69, 9.17) is 9.26 Å². The van der Waals surface area contributed by atoms with Gasteiger partial charge < -0.3 is 14.6 Å². The number of nitrogens with zero attached hydrogens (tertiary/aromatic N) is 1. The van der Waals surface area contributed by atoms with E-state index in [0.717, 1.165) is 6.42 Å². The standard InChI is InChI=1S/C12H17BrN2O3/c1-17-7-9-5-11(15-18-9)12(16)14-6-8-3-2-4-10(8)13/h5,8,10H,2-4,6-7H2,1H3,(H,14,16). The van der Waals surface area contributed by atoms with Crippen LogP contribution in [0.3, 0.4) is 0 Å². The molecule has 1 amide bonds. The van der Waals surface area contributed by atoms with E-state index in [-0.39, 0.29) is 5.91 Å². The third-order valence-electron chi connectivity index (χ3n) is 3.17. The Hall–Kier alpha value is -0.880. The van der Waals surface area contributed by atoms with E-state index < -0.39 is 0 Å². The summed E-state index contributed by atoms with van der Waals surface area (Å²) in [6.45, 7) is 1.01. The Balaban J connectivity index is 1.83. The Bertz CT molecular complexity index is 408. The van der Waals surface area contributed by atoms with Crippen molar-refractivity contribution in [2.45, 2.75) is 30.7 Å². The van der Waals surface area contributed by atoms with Gasteiger partial charge in [-0.05, 0) is 18.8 Å². The smallest absolute Gasteiger partial charge is 0.273 e. The van der Waals surface area contributed by atoms with Crippen molar-refractivity contribution in [1.82, 2.24) is 10.5 Å². The lowest BCUT2D eigenvalue weighted by atomic mass is 10.1. The molecule has 2 rings (SSSR count). The van der Waals surface area contributed by atoms with E-state index in [1.807, 2.05) is 0 Å². The van der Waals surface area contributed by atoms with Gasteiger partial charge in [-0.3, -0.25) is 4.79 Å². The number of amides is 1. The van der Waals surface area contributed by atoms with E-state index in [1.54, 1.807) is 13.2 Å². The van der Waals surface area contributed by atoms with Crippen molar-refractivity contribution in [3.05, 3.63) is 17.5 Å². The second-order valence-corrected chi connectivity index (χ2v) is 5.70. The molecule has 2 unspecified atom stereocenters. The van der Waals surface area contributed by atoms with Crippen LogP contribution in [0.2, 0.25) is 0 Å². The van der Waals surface area contributed by atoms with Crippen LogP contribution in [-0.4, -0.2) is 29.5 Å². The normalized spacial score (nSPS) is 23.2. The summed E-state index contributed by atoms with van der Waals surface area (Å²) in [7, 11) is 1.57. The van der Waals surface area contributed by atoms with Gasteiger partial charge in [0, 0.05) is 24.5 Å². The molecule has 0 aliphatic heterocycles. The zero-order valence-corrected chi connectivity index (χ0v) is 11.9. The van der Waals surface area contributed by atoms with Gasteiger partial charge >= 0.3 is 0 Å². The SMILES string of the molecule is COCc1cc(C(=O)NCC2CCCC2Br)no1. The Morgan fingerprint density at radius 2 is 2.50 bits per heavy atom. The summed E-state index contributed by atoms with van der Waals surface area (Å²) < 4.78 is 9.88. The van der Waals surface area contributed by atoms with Crippen LogP contribution in [0.1, 0.15) is 35.5 Å². The number of halogens is 1. The second-order valence-electron chi connectivity index (χ2n) is 4.53. The van der Waals surface area contributed by atoms with E-state index in [2.05, 4.69) is 26.4 Å². The molecule has 0 aromatic carbocycles. The van der Waals surface area contributed by atoms with Gasteiger partial charge in [-0.25, -0.2) is 0 Å². The quantitative estimate of drug-likeness (QED) is 0.845. The summed E-state index contributed by atoms with van der Waals surface area (Å²) in [6, 6.07) is 1.61. The minimum atomic E-state index is -0.187. The van der Waals surface area contributed by atoms with E-state index >= 15 is 0 Å². The molecule has 1 N–H and O–H groups in total. The molecule has 0 saturated heterocycles. The van der Waals surface area contributed by atoms with Crippen LogP contribution in [0.4, 0.5) is 0 Å². The Labute approximate surface area is 114 Å². The van der Waals surface area contributed by atoms with Gasteiger partial charge in [0.2, 0.25) is 0 Å². The van der Waals surface area contributed by atoms with Crippen LogP contribution >= 0.6 is 15.9 Å². The molecule has 1 aromatic heterocycles. The molecule has 5 nitrogen and oxygen atoms in total. The lowest BCUT2D eigenvalue weighted by molar-refractivity contribution is 0.0938. The van der Waals surface area contributed by atoms with Gasteiger partial charge in [0.05, 0.1) is 0 Å². The van der Waals surface area contributed by atoms with Crippen molar-refractivity contribution in [3.63, 3.8) is 0 Å². The summed E-state index contributed by atoms with van der Waals surface area (Å²) in [4.78, 5) is 12.3. The van der Waals surface area contributed by atoms with Gasteiger partial charge in [0.1, 0.15) is 6.61 Å². The third-order valence-corrected chi connectivity index (χ3v) is 4.37. The monoisotopic (exact) mass is 316 g/mol. The number of aromatic nitrogens is 1. The van der Waals surface area contributed by atoms with E-state index in [0.29, 0.717) is 35.4 Å². The topological polar surface area (TPSA) is 64.4 Å². The minimum absolute atomic E-state index is 0.187. The van der Waals surface area contributed by atoms with Crippen molar-refractivity contribution in [2.24, 2.45) is 5.92 Å².